The lowest BCUT2D eigenvalue weighted by Crippen LogP contribution is -2.47. The molecule has 1 aliphatic rings. The summed E-state index contributed by atoms with van der Waals surface area (Å²) >= 11 is 0. The number of rotatable bonds is 2. The van der Waals surface area contributed by atoms with Gasteiger partial charge in [0, 0.05) is 41.3 Å². The lowest BCUT2D eigenvalue weighted by Gasteiger charge is -2.35. The van der Waals surface area contributed by atoms with Crippen molar-refractivity contribution in [1.29, 1.82) is 0 Å². The Kier molecular flexibility index (Phi) is 3.49. The second-order valence-electron chi connectivity index (χ2n) is 5.80. The normalized spacial score (nSPS) is 23.9. The quantitative estimate of drug-likeness (QED) is 0.881. The molecule has 0 bridgehead atoms. The number of carbonyl (C=O) groups is 1. The van der Waals surface area contributed by atoms with E-state index in [1.165, 1.54) is 0 Å². The van der Waals surface area contributed by atoms with Crippen LogP contribution in [-0.4, -0.2) is 41.5 Å². The lowest BCUT2D eigenvalue weighted by atomic mass is 9.98. The van der Waals surface area contributed by atoms with Gasteiger partial charge in [-0.05, 0) is 51.1 Å². The SMILES string of the molecule is CC1CC(NC(=O)c2ccc3[nH]ccc3c2)CCN1C. The average Bonchev–Trinajstić information content (AvgIpc) is 2.90. The van der Waals surface area contributed by atoms with Gasteiger partial charge in [-0.15, -0.1) is 0 Å². The highest BCUT2D eigenvalue weighted by Gasteiger charge is 2.24. The molecule has 0 saturated carbocycles. The molecule has 2 heterocycles. The number of amides is 1. The fourth-order valence-corrected chi connectivity index (χ4v) is 2.88. The first kappa shape index (κ1) is 13.2. The van der Waals surface area contributed by atoms with Crippen LogP contribution >= 0.6 is 0 Å². The van der Waals surface area contributed by atoms with Crippen LogP contribution < -0.4 is 5.32 Å². The Morgan fingerprint density at radius 1 is 1.40 bits per heavy atom. The number of H-pyrrole nitrogens is 1. The Balaban J connectivity index is 1.69. The number of nitrogens with one attached hydrogen (secondary N) is 2. The highest BCUT2D eigenvalue weighted by Crippen LogP contribution is 2.17. The second-order valence-corrected chi connectivity index (χ2v) is 5.80. The number of carbonyl (C=O) groups excluding carboxylic acids is 1. The number of benzene rings is 1. The first-order valence-corrected chi connectivity index (χ1v) is 7.22. The van der Waals surface area contributed by atoms with Gasteiger partial charge in [0.2, 0.25) is 0 Å². The van der Waals surface area contributed by atoms with Crippen LogP contribution in [0.5, 0.6) is 0 Å². The van der Waals surface area contributed by atoms with Crippen LogP contribution in [0.15, 0.2) is 30.5 Å². The maximum absolute atomic E-state index is 12.3. The van der Waals surface area contributed by atoms with Crippen molar-refractivity contribution in [2.75, 3.05) is 13.6 Å². The molecule has 2 atom stereocenters. The maximum Gasteiger partial charge on any atom is 0.251 e. The minimum absolute atomic E-state index is 0.0369. The highest BCUT2D eigenvalue weighted by atomic mass is 16.1. The Morgan fingerprint density at radius 3 is 3.05 bits per heavy atom. The Hall–Kier alpha value is -1.81. The van der Waals surface area contributed by atoms with Crippen LogP contribution in [0.25, 0.3) is 10.9 Å². The van der Waals surface area contributed by atoms with E-state index in [0.717, 1.165) is 35.9 Å². The van der Waals surface area contributed by atoms with Crippen molar-refractivity contribution in [3.8, 4) is 0 Å². The van der Waals surface area contributed by atoms with E-state index in [-0.39, 0.29) is 11.9 Å². The van der Waals surface area contributed by atoms with Crippen molar-refractivity contribution in [3.05, 3.63) is 36.0 Å². The third-order valence-electron chi connectivity index (χ3n) is 4.36. The number of aromatic nitrogens is 1. The van der Waals surface area contributed by atoms with Crippen molar-refractivity contribution in [2.45, 2.75) is 31.8 Å². The van der Waals surface area contributed by atoms with Gasteiger partial charge in [0.05, 0.1) is 0 Å². The average molecular weight is 271 g/mol. The zero-order valence-corrected chi connectivity index (χ0v) is 12.0. The van der Waals surface area contributed by atoms with E-state index in [4.69, 9.17) is 0 Å². The zero-order chi connectivity index (χ0) is 14.1. The zero-order valence-electron chi connectivity index (χ0n) is 12.0. The molecule has 1 saturated heterocycles. The Morgan fingerprint density at radius 2 is 2.25 bits per heavy atom. The molecule has 2 aromatic rings. The van der Waals surface area contributed by atoms with Gasteiger partial charge in [-0.25, -0.2) is 0 Å². The number of fused-ring (bicyclic) bond motifs is 1. The van der Waals surface area contributed by atoms with Crippen molar-refractivity contribution < 1.29 is 4.79 Å². The molecule has 1 amide bonds. The minimum Gasteiger partial charge on any atom is -0.361 e. The van der Waals surface area contributed by atoms with E-state index in [1.807, 2.05) is 30.5 Å². The van der Waals surface area contributed by atoms with Gasteiger partial charge in [-0.3, -0.25) is 4.79 Å². The Bertz CT molecular complexity index is 619. The molecule has 0 aliphatic carbocycles. The highest BCUT2D eigenvalue weighted by molar-refractivity contribution is 5.98. The topological polar surface area (TPSA) is 48.1 Å². The summed E-state index contributed by atoms with van der Waals surface area (Å²) in [5.74, 6) is 0.0369. The van der Waals surface area contributed by atoms with Gasteiger partial charge in [0.1, 0.15) is 0 Å². The molecular formula is C16H21N3O. The van der Waals surface area contributed by atoms with Crippen LogP contribution in [0.1, 0.15) is 30.1 Å². The molecule has 0 radical (unpaired) electrons. The van der Waals surface area contributed by atoms with Crippen LogP contribution in [0.2, 0.25) is 0 Å². The van der Waals surface area contributed by atoms with E-state index >= 15 is 0 Å². The predicted molar refractivity (Wildman–Crippen MR) is 80.9 cm³/mol. The predicted octanol–water partition coefficient (Wildman–Crippen LogP) is 2.38. The fourth-order valence-electron chi connectivity index (χ4n) is 2.88. The molecule has 4 heteroatoms. The number of hydrogen-bond donors (Lipinski definition) is 2. The lowest BCUT2D eigenvalue weighted by molar-refractivity contribution is 0.0896. The van der Waals surface area contributed by atoms with E-state index in [1.54, 1.807) is 0 Å². The molecule has 1 aliphatic heterocycles. The molecule has 2 N–H and O–H groups in total. The van der Waals surface area contributed by atoms with Crippen LogP contribution in [0.4, 0.5) is 0 Å². The van der Waals surface area contributed by atoms with Crippen LogP contribution in [0.3, 0.4) is 0 Å². The molecule has 0 spiro atoms. The standard InChI is InChI=1S/C16H21N3O/c1-11-9-14(6-8-19(11)2)18-16(20)13-3-4-15-12(10-13)5-7-17-15/h3-5,7,10-11,14,17H,6,8-9H2,1-2H3,(H,18,20). The van der Waals surface area contributed by atoms with Gasteiger partial charge in [-0.1, -0.05) is 0 Å². The number of aromatic amines is 1. The molecule has 1 aromatic carbocycles. The Labute approximate surface area is 119 Å². The van der Waals surface area contributed by atoms with E-state index in [9.17, 15) is 4.79 Å². The summed E-state index contributed by atoms with van der Waals surface area (Å²) in [6.07, 6.45) is 3.94. The van der Waals surface area contributed by atoms with Gasteiger partial charge >= 0.3 is 0 Å². The smallest absolute Gasteiger partial charge is 0.251 e. The molecular weight excluding hydrogens is 250 g/mol. The first-order valence-electron chi connectivity index (χ1n) is 7.22. The summed E-state index contributed by atoms with van der Waals surface area (Å²) in [7, 11) is 2.14. The molecule has 106 valence electrons. The van der Waals surface area contributed by atoms with Crippen LogP contribution in [-0.2, 0) is 0 Å². The molecule has 2 unspecified atom stereocenters. The summed E-state index contributed by atoms with van der Waals surface area (Å²) in [4.78, 5) is 17.8. The molecule has 3 rings (SSSR count). The summed E-state index contributed by atoms with van der Waals surface area (Å²) < 4.78 is 0. The second kappa shape index (κ2) is 5.29. The summed E-state index contributed by atoms with van der Waals surface area (Å²) in [5.41, 5.74) is 1.80. The van der Waals surface area contributed by atoms with Crippen molar-refractivity contribution in [1.82, 2.24) is 15.2 Å². The number of nitrogens with zero attached hydrogens (tertiary/aromatic N) is 1. The van der Waals surface area contributed by atoms with E-state index in [2.05, 4.69) is 29.2 Å². The largest absolute Gasteiger partial charge is 0.361 e. The summed E-state index contributed by atoms with van der Waals surface area (Å²) in [6.45, 7) is 3.26. The summed E-state index contributed by atoms with van der Waals surface area (Å²) in [6, 6.07) is 8.59. The van der Waals surface area contributed by atoms with Crippen molar-refractivity contribution in [2.24, 2.45) is 0 Å². The van der Waals surface area contributed by atoms with Crippen molar-refractivity contribution >= 4 is 16.8 Å². The van der Waals surface area contributed by atoms with Gasteiger partial charge in [0.15, 0.2) is 0 Å². The van der Waals surface area contributed by atoms with E-state index < -0.39 is 0 Å². The van der Waals surface area contributed by atoms with E-state index in [0.29, 0.717) is 6.04 Å². The monoisotopic (exact) mass is 271 g/mol. The van der Waals surface area contributed by atoms with Gasteiger partial charge in [-0.2, -0.15) is 0 Å². The molecule has 1 fully saturated rings. The molecule has 1 aromatic heterocycles. The van der Waals surface area contributed by atoms with Gasteiger partial charge < -0.3 is 15.2 Å². The fraction of sp³-hybridized carbons (Fsp3) is 0.438. The molecule has 20 heavy (non-hydrogen) atoms. The number of piperidine rings is 1. The van der Waals surface area contributed by atoms with Crippen molar-refractivity contribution in [3.63, 3.8) is 0 Å². The third-order valence-corrected chi connectivity index (χ3v) is 4.36. The number of hydrogen-bond acceptors (Lipinski definition) is 2. The number of likely N-dealkylation sites (tertiary alicyclic amines) is 1. The molecule has 4 nitrogen and oxygen atoms in total. The third kappa shape index (κ3) is 2.56. The summed E-state index contributed by atoms with van der Waals surface area (Å²) in [5, 5.41) is 4.25. The maximum atomic E-state index is 12.3. The van der Waals surface area contributed by atoms with Crippen LogP contribution in [0, 0.1) is 0 Å². The minimum atomic E-state index is 0.0369. The van der Waals surface area contributed by atoms with Gasteiger partial charge in [0.25, 0.3) is 5.91 Å². The first-order chi connectivity index (χ1) is 9.63.